The number of aryl methyl sites for hydroxylation is 1. The van der Waals surface area contributed by atoms with Crippen LogP contribution in [0.4, 0.5) is 5.82 Å². The molecule has 0 spiro atoms. The molecule has 0 unspecified atom stereocenters. The van der Waals surface area contributed by atoms with Gasteiger partial charge < -0.3 is 14.6 Å². The van der Waals surface area contributed by atoms with Gasteiger partial charge in [0.2, 0.25) is 0 Å². The zero-order valence-corrected chi connectivity index (χ0v) is 13.5. The van der Waals surface area contributed by atoms with E-state index in [1.54, 1.807) is 6.07 Å². The van der Waals surface area contributed by atoms with Crippen molar-refractivity contribution in [3.05, 3.63) is 35.1 Å². The zero-order chi connectivity index (χ0) is 16.5. The molecule has 1 N–H and O–H groups in total. The number of hydrogen-bond acceptors (Lipinski definition) is 7. The van der Waals surface area contributed by atoms with Crippen molar-refractivity contribution in [1.29, 1.82) is 5.26 Å². The summed E-state index contributed by atoms with van der Waals surface area (Å²) < 4.78 is 11.2. The highest BCUT2D eigenvalue weighted by Gasteiger charge is 2.36. The number of hydrogen-bond donors (Lipinski definition) is 1. The molecule has 1 saturated heterocycles. The van der Waals surface area contributed by atoms with E-state index in [9.17, 15) is 5.26 Å². The van der Waals surface area contributed by atoms with Crippen LogP contribution in [0.5, 0.6) is 0 Å². The van der Waals surface area contributed by atoms with Crippen molar-refractivity contribution >= 4 is 5.82 Å². The lowest BCUT2D eigenvalue weighted by Gasteiger charge is -2.16. The van der Waals surface area contributed by atoms with Crippen LogP contribution in [0.15, 0.2) is 16.7 Å². The Balaban J connectivity index is 1.45. The first-order chi connectivity index (χ1) is 11.7. The first-order valence-electron chi connectivity index (χ1n) is 8.31. The van der Waals surface area contributed by atoms with E-state index in [1.807, 2.05) is 13.0 Å². The van der Waals surface area contributed by atoms with Crippen LogP contribution in [0.25, 0.3) is 0 Å². The second kappa shape index (κ2) is 6.21. The highest BCUT2D eigenvalue weighted by Crippen LogP contribution is 2.40. The van der Waals surface area contributed by atoms with Crippen molar-refractivity contribution in [3.8, 4) is 6.07 Å². The van der Waals surface area contributed by atoms with Gasteiger partial charge in [0, 0.05) is 30.7 Å². The minimum Gasteiger partial charge on any atom is -0.369 e. The maximum absolute atomic E-state index is 9.20. The highest BCUT2D eigenvalue weighted by atomic mass is 16.5. The molecule has 2 fully saturated rings. The molecule has 2 atom stereocenters. The van der Waals surface area contributed by atoms with Gasteiger partial charge in [0.15, 0.2) is 5.82 Å². The van der Waals surface area contributed by atoms with Crippen LogP contribution in [-0.2, 0) is 4.74 Å². The van der Waals surface area contributed by atoms with Gasteiger partial charge in [-0.05, 0) is 38.3 Å². The van der Waals surface area contributed by atoms with Gasteiger partial charge in [-0.3, -0.25) is 0 Å². The fraction of sp³-hybridized carbons (Fsp3) is 0.529. The molecule has 3 heterocycles. The molecule has 0 aromatic carbocycles. The van der Waals surface area contributed by atoms with Crippen molar-refractivity contribution in [3.63, 3.8) is 0 Å². The lowest BCUT2D eigenvalue weighted by molar-refractivity contribution is 0.0650. The molecule has 1 aliphatic heterocycles. The third-order valence-corrected chi connectivity index (χ3v) is 4.54. The van der Waals surface area contributed by atoms with Gasteiger partial charge in [-0.2, -0.15) is 10.2 Å². The van der Waals surface area contributed by atoms with Crippen molar-refractivity contribution in [2.45, 2.75) is 38.2 Å². The summed E-state index contributed by atoms with van der Waals surface area (Å²) in [6.07, 6.45) is 3.01. The summed E-state index contributed by atoms with van der Waals surface area (Å²) >= 11 is 0. The standard InChI is InChI=1S/C17H19N5O2/c1-10-2-3-12(8-18)15(20-10)19-9-13-6-7-23-14(13)17-21-16(22-24-17)11-4-5-11/h2-3,11,13-14H,4-7,9H2,1H3,(H,19,20)/t13-,14-/m0/s1. The Kier molecular flexibility index (Phi) is 3.90. The van der Waals surface area contributed by atoms with E-state index in [-0.39, 0.29) is 12.0 Å². The Morgan fingerprint density at radius 3 is 2.96 bits per heavy atom. The van der Waals surface area contributed by atoms with Crippen LogP contribution >= 0.6 is 0 Å². The number of nitrogens with one attached hydrogen (secondary N) is 1. The summed E-state index contributed by atoms with van der Waals surface area (Å²) in [4.78, 5) is 8.92. The fourth-order valence-electron chi connectivity index (χ4n) is 3.00. The summed E-state index contributed by atoms with van der Waals surface area (Å²) in [5, 5.41) is 16.6. The Hall–Kier alpha value is -2.46. The maximum Gasteiger partial charge on any atom is 0.256 e. The number of ether oxygens (including phenoxy) is 1. The molecule has 1 saturated carbocycles. The summed E-state index contributed by atoms with van der Waals surface area (Å²) in [7, 11) is 0. The smallest absolute Gasteiger partial charge is 0.256 e. The number of anilines is 1. The molecule has 2 aromatic rings. The van der Waals surface area contributed by atoms with Crippen molar-refractivity contribution in [2.75, 3.05) is 18.5 Å². The topological polar surface area (TPSA) is 96.9 Å². The van der Waals surface area contributed by atoms with Gasteiger partial charge in [-0.1, -0.05) is 5.16 Å². The number of nitrogens with zero attached hydrogens (tertiary/aromatic N) is 4. The second-order valence-electron chi connectivity index (χ2n) is 6.45. The van der Waals surface area contributed by atoms with Crippen molar-refractivity contribution in [2.24, 2.45) is 5.92 Å². The van der Waals surface area contributed by atoms with Gasteiger partial charge in [0.25, 0.3) is 5.89 Å². The molecule has 0 bridgehead atoms. The normalized spacial score (nSPS) is 23.2. The monoisotopic (exact) mass is 325 g/mol. The minimum atomic E-state index is -0.187. The molecule has 0 amide bonds. The predicted molar refractivity (Wildman–Crippen MR) is 85.3 cm³/mol. The van der Waals surface area contributed by atoms with Crippen LogP contribution in [0.2, 0.25) is 0 Å². The molecular weight excluding hydrogens is 306 g/mol. The van der Waals surface area contributed by atoms with E-state index in [0.29, 0.717) is 36.3 Å². The van der Waals surface area contributed by atoms with Crippen LogP contribution in [0.1, 0.15) is 54.3 Å². The lowest BCUT2D eigenvalue weighted by Crippen LogP contribution is -2.19. The Morgan fingerprint density at radius 1 is 1.29 bits per heavy atom. The molecule has 24 heavy (non-hydrogen) atoms. The molecule has 2 aromatic heterocycles. The summed E-state index contributed by atoms with van der Waals surface area (Å²) in [5.74, 6) is 2.67. The van der Waals surface area contributed by atoms with Gasteiger partial charge in [-0.15, -0.1) is 0 Å². The largest absolute Gasteiger partial charge is 0.369 e. The van der Waals surface area contributed by atoms with Crippen molar-refractivity contribution in [1.82, 2.24) is 15.1 Å². The fourth-order valence-corrected chi connectivity index (χ4v) is 3.00. The molecule has 4 rings (SSSR count). The number of nitriles is 1. The average molecular weight is 325 g/mol. The Morgan fingerprint density at radius 2 is 2.17 bits per heavy atom. The van der Waals surface area contributed by atoms with E-state index < -0.39 is 0 Å². The third-order valence-electron chi connectivity index (χ3n) is 4.54. The zero-order valence-electron chi connectivity index (χ0n) is 13.5. The Bertz CT molecular complexity index is 778. The van der Waals surface area contributed by atoms with Gasteiger partial charge in [-0.25, -0.2) is 4.98 Å². The second-order valence-corrected chi connectivity index (χ2v) is 6.45. The van der Waals surface area contributed by atoms with Crippen LogP contribution in [0, 0.1) is 24.2 Å². The first kappa shape index (κ1) is 15.1. The molecule has 7 heteroatoms. The number of rotatable bonds is 5. The van der Waals surface area contributed by atoms with Gasteiger partial charge >= 0.3 is 0 Å². The van der Waals surface area contributed by atoms with Gasteiger partial charge in [0.1, 0.15) is 18.0 Å². The molecule has 7 nitrogen and oxygen atoms in total. The van der Waals surface area contributed by atoms with Crippen LogP contribution in [-0.4, -0.2) is 28.3 Å². The highest BCUT2D eigenvalue weighted by molar-refractivity contribution is 5.52. The molecule has 2 aliphatic rings. The molecular formula is C17H19N5O2. The lowest BCUT2D eigenvalue weighted by atomic mass is 10.0. The number of pyridine rings is 1. The van der Waals surface area contributed by atoms with Crippen LogP contribution in [0.3, 0.4) is 0 Å². The van der Waals surface area contributed by atoms with E-state index in [1.165, 1.54) is 0 Å². The maximum atomic E-state index is 9.20. The van der Waals surface area contributed by atoms with Crippen molar-refractivity contribution < 1.29 is 9.26 Å². The molecule has 1 aliphatic carbocycles. The van der Waals surface area contributed by atoms with E-state index >= 15 is 0 Å². The SMILES string of the molecule is Cc1ccc(C#N)c(NC[C@@H]2CCO[C@@H]2c2nc(C3CC3)no2)n1. The van der Waals surface area contributed by atoms with E-state index in [2.05, 4.69) is 26.5 Å². The van der Waals surface area contributed by atoms with E-state index in [4.69, 9.17) is 9.26 Å². The molecule has 124 valence electrons. The third kappa shape index (κ3) is 2.97. The molecule has 0 radical (unpaired) electrons. The first-order valence-corrected chi connectivity index (χ1v) is 8.31. The van der Waals surface area contributed by atoms with Gasteiger partial charge in [0.05, 0.1) is 5.56 Å². The Labute approximate surface area is 140 Å². The van der Waals surface area contributed by atoms with Crippen LogP contribution < -0.4 is 5.32 Å². The predicted octanol–water partition coefficient (Wildman–Crippen LogP) is 2.71. The van der Waals surface area contributed by atoms with E-state index in [0.717, 1.165) is 30.8 Å². The summed E-state index contributed by atoms with van der Waals surface area (Å²) in [6, 6.07) is 5.79. The summed E-state index contributed by atoms with van der Waals surface area (Å²) in [6.45, 7) is 3.23. The quantitative estimate of drug-likeness (QED) is 0.902. The average Bonchev–Trinajstić information content (AvgIpc) is 3.14. The minimum absolute atomic E-state index is 0.187. The summed E-state index contributed by atoms with van der Waals surface area (Å²) in [5.41, 5.74) is 1.42. The number of aromatic nitrogens is 3.